The Kier molecular flexibility index (Phi) is 6.35. The highest BCUT2D eigenvalue weighted by Gasteiger charge is 1.92. The average molecular weight is 166 g/mol. The van der Waals surface area contributed by atoms with E-state index in [4.69, 9.17) is 0 Å². The van der Waals surface area contributed by atoms with Gasteiger partial charge >= 0.3 is 0 Å². The number of rotatable bonds is 5. The lowest BCUT2D eigenvalue weighted by atomic mass is 10.1. The van der Waals surface area contributed by atoms with Crippen LogP contribution in [0.15, 0.2) is 23.8 Å². The normalized spacial score (nSPS) is 12.4. The van der Waals surface area contributed by atoms with Crippen molar-refractivity contribution in [2.45, 2.75) is 40.0 Å². The first-order chi connectivity index (χ1) is 5.70. The predicted octanol–water partition coefficient (Wildman–Crippen LogP) is 3.27. The Morgan fingerprint density at radius 1 is 1.42 bits per heavy atom. The van der Waals surface area contributed by atoms with E-state index in [0.29, 0.717) is 0 Å². The van der Waals surface area contributed by atoms with Gasteiger partial charge in [0.2, 0.25) is 0 Å². The number of carbonyl (C=O) groups excluding carboxylic acids is 1. The molecule has 1 heteroatoms. The van der Waals surface area contributed by atoms with E-state index in [2.05, 4.69) is 6.92 Å². The molecular weight excluding hydrogens is 148 g/mol. The van der Waals surface area contributed by atoms with Crippen LogP contribution in [0.1, 0.15) is 40.0 Å². The summed E-state index contributed by atoms with van der Waals surface area (Å²) in [6.45, 7) is 6.02. The van der Waals surface area contributed by atoms with Crippen LogP contribution in [0.2, 0.25) is 0 Å². The fourth-order valence-corrected chi connectivity index (χ4v) is 0.983. The van der Waals surface area contributed by atoms with Crippen LogP contribution in [0.25, 0.3) is 0 Å². The van der Waals surface area contributed by atoms with E-state index >= 15 is 0 Å². The Morgan fingerprint density at radius 3 is 2.58 bits per heavy atom. The summed E-state index contributed by atoms with van der Waals surface area (Å²) in [6.07, 6.45) is 8.48. The maximum atomic E-state index is 11.1. The molecule has 0 aliphatic carbocycles. The van der Waals surface area contributed by atoms with Crippen molar-refractivity contribution >= 4 is 5.78 Å². The molecule has 0 amide bonds. The highest BCUT2D eigenvalue weighted by Crippen LogP contribution is 2.05. The number of carbonyl (C=O) groups is 1. The van der Waals surface area contributed by atoms with Crippen LogP contribution in [-0.2, 0) is 4.79 Å². The monoisotopic (exact) mass is 166 g/mol. The number of unbranched alkanes of at least 4 members (excludes halogenated alkanes) is 1. The minimum Gasteiger partial charge on any atom is -0.290 e. The van der Waals surface area contributed by atoms with Crippen molar-refractivity contribution < 1.29 is 4.79 Å². The van der Waals surface area contributed by atoms with Gasteiger partial charge in [0.05, 0.1) is 0 Å². The quantitative estimate of drug-likeness (QED) is 0.573. The summed E-state index contributed by atoms with van der Waals surface area (Å²) in [5.74, 6) is 0.103. The van der Waals surface area contributed by atoms with Gasteiger partial charge in [-0.25, -0.2) is 0 Å². The Balaban J connectivity index is 3.89. The van der Waals surface area contributed by atoms with Crippen LogP contribution >= 0.6 is 0 Å². The zero-order chi connectivity index (χ0) is 9.40. The maximum Gasteiger partial charge on any atom is 0.178 e. The molecule has 0 aliphatic rings. The van der Waals surface area contributed by atoms with Gasteiger partial charge in [-0.2, -0.15) is 0 Å². The number of ketones is 1. The molecule has 0 aromatic carbocycles. The van der Waals surface area contributed by atoms with E-state index in [1.54, 1.807) is 18.2 Å². The molecule has 68 valence electrons. The van der Waals surface area contributed by atoms with Crippen molar-refractivity contribution in [2.24, 2.45) is 0 Å². The van der Waals surface area contributed by atoms with Crippen molar-refractivity contribution in [1.82, 2.24) is 0 Å². The molecule has 1 nitrogen and oxygen atoms in total. The van der Waals surface area contributed by atoms with Crippen molar-refractivity contribution in [1.29, 1.82) is 0 Å². The summed E-state index contributed by atoms with van der Waals surface area (Å²) < 4.78 is 0. The van der Waals surface area contributed by atoms with Crippen LogP contribution in [0.3, 0.4) is 0 Å². The van der Waals surface area contributed by atoms with E-state index < -0.39 is 0 Å². The lowest BCUT2D eigenvalue weighted by molar-refractivity contribution is -0.110. The fraction of sp³-hybridized carbons (Fsp3) is 0.545. The summed E-state index contributed by atoms with van der Waals surface area (Å²) in [5, 5.41) is 0. The molecule has 0 N–H and O–H groups in total. The molecule has 0 aliphatic heterocycles. The fourth-order valence-electron chi connectivity index (χ4n) is 0.983. The summed E-state index contributed by atoms with van der Waals surface area (Å²) >= 11 is 0. The van der Waals surface area contributed by atoms with E-state index in [1.165, 1.54) is 18.4 Å². The third-order valence-corrected chi connectivity index (χ3v) is 1.64. The molecule has 0 spiro atoms. The maximum absolute atomic E-state index is 11.1. The molecule has 0 radical (unpaired) electrons. The van der Waals surface area contributed by atoms with Gasteiger partial charge < -0.3 is 0 Å². The van der Waals surface area contributed by atoms with Crippen LogP contribution in [-0.4, -0.2) is 5.78 Å². The van der Waals surface area contributed by atoms with Crippen LogP contribution in [0, 0.1) is 0 Å². The highest BCUT2D eigenvalue weighted by atomic mass is 16.1. The van der Waals surface area contributed by atoms with E-state index in [-0.39, 0.29) is 5.78 Å². The minimum absolute atomic E-state index is 0.103. The van der Waals surface area contributed by atoms with Crippen molar-refractivity contribution in [3.63, 3.8) is 0 Å². The molecule has 0 saturated heterocycles. The lowest BCUT2D eigenvalue weighted by Crippen LogP contribution is -1.88. The number of allylic oxidation sites excluding steroid dienone is 4. The Morgan fingerprint density at radius 2 is 2.08 bits per heavy atom. The summed E-state index contributed by atoms with van der Waals surface area (Å²) in [6, 6.07) is 0. The van der Waals surface area contributed by atoms with Gasteiger partial charge in [0.25, 0.3) is 0 Å². The first-order valence-electron chi connectivity index (χ1n) is 4.54. The Bertz CT molecular complexity index is 187. The van der Waals surface area contributed by atoms with Crippen LogP contribution in [0.5, 0.6) is 0 Å². The van der Waals surface area contributed by atoms with Gasteiger partial charge in [-0.3, -0.25) is 4.79 Å². The largest absolute Gasteiger partial charge is 0.290 e. The molecule has 12 heavy (non-hydrogen) atoms. The molecule has 0 unspecified atom stereocenters. The second-order valence-electron chi connectivity index (χ2n) is 3.00. The van der Waals surface area contributed by atoms with Gasteiger partial charge in [-0.15, -0.1) is 0 Å². The second-order valence-corrected chi connectivity index (χ2v) is 3.00. The summed E-state index contributed by atoms with van der Waals surface area (Å²) in [4.78, 5) is 11.1. The minimum atomic E-state index is 0.103. The van der Waals surface area contributed by atoms with Gasteiger partial charge in [0.15, 0.2) is 5.78 Å². The first-order valence-corrected chi connectivity index (χ1v) is 4.54. The molecule has 0 rings (SSSR count). The third-order valence-electron chi connectivity index (χ3n) is 1.64. The molecule has 0 atom stereocenters. The van der Waals surface area contributed by atoms with E-state index in [0.717, 1.165) is 6.42 Å². The topological polar surface area (TPSA) is 17.1 Å². The highest BCUT2D eigenvalue weighted by molar-refractivity contribution is 5.99. The molecule has 0 heterocycles. The molecular formula is C11H18O. The van der Waals surface area contributed by atoms with Gasteiger partial charge in [-0.05, 0) is 38.8 Å². The average Bonchev–Trinajstić information content (AvgIpc) is 2.01. The SMILES string of the molecule is C/C=C/C(=O)/C=C(/C)CCCC. The Labute approximate surface area is 75.2 Å². The lowest BCUT2D eigenvalue weighted by Gasteiger charge is -1.96. The Hall–Kier alpha value is -0.850. The molecule has 0 aromatic heterocycles. The van der Waals surface area contributed by atoms with Gasteiger partial charge in [0, 0.05) is 0 Å². The molecule has 0 saturated carbocycles. The molecule has 0 fully saturated rings. The molecule has 0 bridgehead atoms. The third kappa shape index (κ3) is 5.90. The number of hydrogen-bond acceptors (Lipinski definition) is 1. The molecule has 0 aromatic rings. The van der Waals surface area contributed by atoms with Crippen LogP contribution < -0.4 is 0 Å². The summed E-state index contributed by atoms with van der Waals surface area (Å²) in [7, 11) is 0. The van der Waals surface area contributed by atoms with Crippen molar-refractivity contribution in [3.8, 4) is 0 Å². The standard InChI is InChI=1S/C11H18O/c1-4-6-8-10(3)9-11(12)7-5-2/h5,7,9H,4,6,8H2,1-3H3/b7-5+,10-9-. The van der Waals surface area contributed by atoms with E-state index in [1.807, 2.05) is 13.8 Å². The second kappa shape index (κ2) is 6.84. The zero-order valence-electron chi connectivity index (χ0n) is 8.26. The van der Waals surface area contributed by atoms with Crippen molar-refractivity contribution in [3.05, 3.63) is 23.8 Å². The van der Waals surface area contributed by atoms with Crippen LogP contribution in [0.4, 0.5) is 0 Å². The number of hydrogen-bond donors (Lipinski definition) is 0. The zero-order valence-corrected chi connectivity index (χ0v) is 8.26. The van der Waals surface area contributed by atoms with Crippen molar-refractivity contribution in [2.75, 3.05) is 0 Å². The summed E-state index contributed by atoms with van der Waals surface area (Å²) in [5.41, 5.74) is 1.18. The smallest absolute Gasteiger partial charge is 0.178 e. The predicted molar refractivity (Wildman–Crippen MR) is 53.1 cm³/mol. The first kappa shape index (κ1) is 11.2. The van der Waals surface area contributed by atoms with Gasteiger partial charge in [0.1, 0.15) is 0 Å². The van der Waals surface area contributed by atoms with Gasteiger partial charge in [-0.1, -0.05) is 25.0 Å². The van der Waals surface area contributed by atoms with E-state index in [9.17, 15) is 4.79 Å².